The van der Waals surface area contributed by atoms with E-state index in [0.29, 0.717) is 30.0 Å². The molecule has 0 aliphatic heterocycles. The Bertz CT molecular complexity index is 404. The highest BCUT2D eigenvalue weighted by molar-refractivity contribution is 5.96. The molecule has 0 spiro atoms. The van der Waals surface area contributed by atoms with E-state index in [2.05, 4.69) is 5.32 Å². The van der Waals surface area contributed by atoms with Gasteiger partial charge in [-0.05, 0) is 18.2 Å². The molecule has 0 bridgehead atoms. The van der Waals surface area contributed by atoms with Crippen LogP contribution in [-0.2, 0) is 0 Å². The van der Waals surface area contributed by atoms with Crippen LogP contribution in [0.2, 0.25) is 0 Å². The summed E-state index contributed by atoms with van der Waals surface area (Å²) in [5.74, 6) is -0.205. The van der Waals surface area contributed by atoms with E-state index in [9.17, 15) is 4.79 Å². The van der Waals surface area contributed by atoms with E-state index in [0.717, 1.165) is 0 Å². The molecule has 0 aromatic heterocycles. The molecule has 1 aromatic carbocycles. The summed E-state index contributed by atoms with van der Waals surface area (Å²) in [5, 5.41) is 20.5. The first-order valence-corrected chi connectivity index (χ1v) is 5.72. The van der Waals surface area contributed by atoms with E-state index in [4.69, 9.17) is 15.9 Å². The second-order valence-electron chi connectivity index (χ2n) is 3.79. The highest BCUT2D eigenvalue weighted by Gasteiger charge is 2.11. The maximum atomic E-state index is 11.4. The van der Waals surface area contributed by atoms with Gasteiger partial charge in [0, 0.05) is 25.7 Å². The van der Waals surface area contributed by atoms with Gasteiger partial charge in [0.25, 0.3) is 5.91 Å². The van der Waals surface area contributed by atoms with Crippen LogP contribution < -0.4 is 16.0 Å². The third-order valence-corrected chi connectivity index (χ3v) is 2.60. The molecule has 1 aromatic rings. The molecule has 6 heteroatoms. The van der Waals surface area contributed by atoms with Gasteiger partial charge in [0.15, 0.2) is 0 Å². The van der Waals surface area contributed by atoms with Gasteiger partial charge < -0.3 is 26.2 Å². The van der Waals surface area contributed by atoms with Crippen molar-refractivity contribution in [1.29, 1.82) is 0 Å². The lowest BCUT2D eigenvalue weighted by atomic mass is 10.1. The van der Waals surface area contributed by atoms with Crippen molar-refractivity contribution in [2.24, 2.45) is 0 Å². The third kappa shape index (κ3) is 3.35. The fourth-order valence-corrected chi connectivity index (χ4v) is 1.72. The molecule has 0 unspecified atom stereocenters. The third-order valence-electron chi connectivity index (χ3n) is 2.60. The van der Waals surface area contributed by atoms with Crippen molar-refractivity contribution in [3.8, 4) is 0 Å². The number of carbonyl (C=O) groups is 1. The van der Waals surface area contributed by atoms with Gasteiger partial charge in [0.05, 0.1) is 24.6 Å². The van der Waals surface area contributed by atoms with Crippen LogP contribution in [0.15, 0.2) is 18.2 Å². The topological polar surface area (TPSA) is 98.8 Å². The number of nitrogen functional groups attached to an aromatic ring is 1. The molecule has 18 heavy (non-hydrogen) atoms. The normalized spacial score (nSPS) is 10.2. The van der Waals surface area contributed by atoms with Gasteiger partial charge in [0.1, 0.15) is 0 Å². The van der Waals surface area contributed by atoms with Gasteiger partial charge in [0.2, 0.25) is 0 Å². The first kappa shape index (κ1) is 14.3. The van der Waals surface area contributed by atoms with Gasteiger partial charge in [-0.3, -0.25) is 4.79 Å². The number of hydrogen-bond acceptors (Lipinski definition) is 5. The van der Waals surface area contributed by atoms with Crippen molar-refractivity contribution in [3.05, 3.63) is 23.8 Å². The summed E-state index contributed by atoms with van der Waals surface area (Å²) in [6.07, 6.45) is 0. The Labute approximate surface area is 106 Å². The second kappa shape index (κ2) is 6.83. The lowest BCUT2D eigenvalue weighted by Crippen LogP contribution is -2.30. The zero-order valence-electron chi connectivity index (χ0n) is 10.4. The fraction of sp³-hybridized carbons (Fsp3) is 0.417. The minimum atomic E-state index is -0.205. The van der Waals surface area contributed by atoms with Crippen LogP contribution >= 0.6 is 0 Å². The van der Waals surface area contributed by atoms with Crippen molar-refractivity contribution in [2.45, 2.75) is 0 Å². The number of nitrogens with one attached hydrogen (secondary N) is 1. The number of anilines is 2. The molecule has 1 amide bonds. The van der Waals surface area contributed by atoms with E-state index in [1.165, 1.54) is 0 Å². The Balaban J connectivity index is 2.98. The molecule has 0 aliphatic rings. The van der Waals surface area contributed by atoms with E-state index in [1.54, 1.807) is 30.1 Å². The average molecular weight is 253 g/mol. The van der Waals surface area contributed by atoms with E-state index in [1.807, 2.05) is 0 Å². The average Bonchev–Trinajstić information content (AvgIpc) is 2.37. The van der Waals surface area contributed by atoms with Crippen molar-refractivity contribution < 1.29 is 15.0 Å². The Morgan fingerprint density at radius 2 is 1.94 bits per heavy atom. The molecular weight excluding hydrogens is 234 g/mol. The molecule has 0 saturated heterocycles. The highest BCUT2D eigenvalue weighted by atomic mass is 16.3. The first-order valence-electron chi connectivity index (χ1n) is 5.72. The molecule has 0 aliphatic carbocycles. The number of aliphatic hydroxyl groups excluding tert-OH is 2. The summed E-state index contributed by atoms with van der Waals surface area (Å²) >= 11 is 0. The quantitative estimate of drug-likeness (QED) is 0.508. The van der Waals surface area contributed by atoms with Crippen LogP contribution in [0.3, 0.4) is 0 Å². The van der Waals surface area contributed by atoms with Crippen LogP contribution in [0.4, 0.5) is 11.4 Å². The summed E-state index contributed by atoms with van der Waals surface area (Å²) in [6.45, 7) is 0.696. The maximum Gasteiger partial charge on any atom is 0.251 e. The van der Waals surface area contributed by atoms with Crippen molar-refractivity contribution in [3.63, 3.8) is 0 Å². The molecule has 1 rings (SSSR count). The molecule has 0 radical (unpaired) electrons. The predicted molar refractivity (Wildman–Crippen MR) is 70.6 cm³/mol. The largest absolute Gasteiger partial charge is 0.397 e. The van der Waals surface area contributed by atoms with Gasteiger partial charge in [-0.15, -0.1) is 0 Å². The van der Waals surface area contributed by atoms with Crippen molar-refractivity contribution in [1.82, 2.24) is 5.32 Å². The predicted octanol–water partition coefficient (Wildman–Crippen LogP) is -0.581. The molecular formula is C12H19N3O3. The molecule has 0 fully saturated rings. The second-order valence-corrected chi connectivity index (χ2v) is 3.79. The first-order chi connectivity index (χ1) is 8.63. The lowest BCUT2D eigenvalue weighted by molar-refractivity contribution is 0.0963. The number of aliphatic hydroxyl groups is 2. The zero-order valence-corrected chi connectivity index (χ0v) is 10.4. The zero-order chi connectivity index (χ0) is 13.5. The molecule has 100 valence electrons. The highest BCUT2D eigenvalue weighted by Crippen LogP contribution is 2.24. The minimum Gasteiger partial charge on any atom is -0.397 e. The molecule has 0 saturated carbocycles. The Hall–Kier alpha value is -1.79. The van der Waals surface area contributed by atoms with Gasteiger partial charge in [-0.25, -0.2) is 0 Å². The Morgan fingerprint density at radius 3 is 2.39 bits per heavy atom. The van der Waals surface area contributed by atoms with E-state index in [-0.39, 0.29) is 19.1 Å². The van der Waals surface area contributed by atoms with Crippen molar-refractivity contribution >= 4 is 17.3 Å². The SMILES string of the molecule is CNC(=O)c1ccc(N(CCO)CCO)c(N)c1. The fourth-order valence-electron chi connectivity index (χ4n) is 1.72. The standard InChI is InChI=1S/C12H19N3O3/c1-14-12(18)9-2-3-11(10(13)8-9)15(4-6-16)5-7-17/h2-3,8,16-17H,4-7,13H2,1H3,(H,14,18). The van der Waals surface area contributed by atoms with E-state index < -0.39 is 0 Å². The van der Waals surface area contributed by atoms with Crippen molar-refractivity contribution in [2.75, 3.05) is 44.0 Å². The number of benzene rings is 1. The summed E-state index contributed by atoms with van der Waals surface area (Å²) < 4.78 is 0. The summed E-state index contributed by atoms with van der Waals surface area (Å²) in [5.41, 5.74) is 7.51. The van der Waals surface area contributed by atoms with Gasteiger partial charge in [-0.1, -0.05) is 0 Å². The number of carbonyl (C=O) groups excluding carboxylic acids is 1. The van der Waals surface area contributed by atoms with Crippen LogP contribution in [0.25, 0.3) is 0 Å². The van der Waals surface area contributed by atoms with Crippen LogP contribution in [0.1, 0.15) is 10.4 Å². The number of rotatable bonds is 6. The van der Waals surface area contributed by atoms with Gasteiger partial charge in [-0.2, -0.15) is 0 Å². The number of nitrogens with zero attached hydrogens (tertiary/aromatic N) is 1. The van der Waals surface area contributed by atoms with Crippen LogP contribution in [0, 0.1) is 0 Å². The Kier molecular flexibility index (Phi) is 5.41. The van der Waals surface area contributed by atoms with Gasteiger partial charge >= 0.3 is 0 Å². The minimum absolute atomic E-state index is 0.0311. The number of hydrogen-bond donors (Lipinski definition) is 4. The molecule has 0 heterocycles. The monoisotopic (exact) mass is 253 g/mol. The molecule has 6 nitrogen and oxygen atoms in total. The van der Waals surface area contributed by atoms with Crippen LogP contribution in [0.5, 0.6) is 0 Å². The lowest BCUT2D eigenvalue weighted by Gasteiger charge is -2.24. The van der Waals surface area contributed by atoms with E-state index >= 15 is 0 Å². The summed E-state index contributed by atoms with van der Waals surface area (Å²) in [7, 11) is 1.55. The number of nitrogens with two attached hydrogens (primary N) is 1. The summed E-state index contributed by atoms with van der Waals surface area (Å²) in [4.78, 5) is 13.2. The Morgan fingerprint density at radius 1 is 1.33 bits per heavy atom. The van der Waals surface area contributed by atoms with Crippen LogP contribution in [-0.4, -0.2) is 49.5 Å². The summed E-state index contributed by atoms with van der Waals surface area (Å²) in [6, 6.07) is 4.95. The maximum absolute atomic E-state index is 11.4. The smallest absolute Gasteiger partial charge is 0.251 e. The molecule has 0 atom stereocenters. The number of amides is 1. The molecule has 5 N–H and O–H groups in total.